The van der Waals surface area contributed by atoms with Gasteiger partial charge in [-0.25, -0.2) is 0 Å². The Balaban J connectivity index is 1.88. The SMILES string of the molecule is CCC1CCCN(Cc2cc(Br)cs2)C1. The summed E-state index contributed by atoms with van der Waals surface area (Å²) in [5, 5.41) is 2.18. The van der Waals surface area contributed by atoms with Crippen LogP contribution < -0.4 is 0 Å². The lowest BCUT2D eigenvalue weighted by atomic mass is 9.96. The van der Waals surface area contributed by atoms with Gasteiger partial charge >= 0.3 is 0 Å². The second kappa shape index (κ2) is 5.46. The molecule has 1 nitrogen and oxygen atoms in total. The molecule has 1 fully saturated rings. The molecule has 0 N–H and O–H groups in total. The van der Waals surface area contributed by atoms with E-state index in [1.165, 1.54) is 41.7 Å². The predicted molar refractivity (Wildman–Crippen MR) is 70.3 cm³/mol. The van der Waals surface area contributed by atoms with E-state index >= 15 is 0 Å². The Morgan fingerprint density at radius 1 is 1.60 bits per heavy atom. The Morgan fingerprint density at radius 2 is 2.47 bits per heavy atom. The molecule has 1 aliphatic rings. The lowest BCUT2D eigenvalue weighted by molar-refractivity contribution is 0.166. The number of thiophene rings is 1. The smallest absolute Gasteiger partial charge is 0.0328 e. The van der Waals surface area contributed by atoms with E-state index in [0.717, 1.165) is 12.5 Å². The third-order valence-electron chi connectivity index (χ3n) is 3.18. The van der Waals surface area contributed by atoms with Gasteiger partial charge in [0, 0.05) is 27.8 Å². The van der Waals surface area contributed by atoms with Crippen LogP contribution in [-0.4, -0.2) is 18.0 Å². The van der Waals surface area contributed by atoms with Gasteiger partial charge in [0.25, 0.3) is 0 Å². The molecular weight excluding hydrogens is 270 g/mol. The molecule has 0 spiro atoms. The van der Waals surface area contributed by atoms with E-state index in [4.69, 9.17) is 0 Å². The van der Waals surface area contributed by atoms with Crippen LogP contribution in [0.3, 0.4) is 0 Å². The van der Waals surface area contributed by atoms with Gasteiger partial charge in [-0.05, 0) is 47.3 Å². The number of likely N-dealkylation sites (tertiary alicyclic amines) is 1. The summed E-state index contributed by atoms with van der Waals surface area (Å²) in [6, 6.07) is 2.25. The number of halogens is 1. The Kier molecular flexibility index (Phi) is 4.23. The summed E-state index contributed by atoms with van der Waals surface area (Å²) in [5.41, 5.74) is 0. The normalized spacial score (nSPS) is 23.2. The van der Waals surface area contributed by atoms with Gasteiger partial charge in [0.1, 0.15) is 0 Å². The first-order valence-corrected chi connectivity index (χ1v) is 7.40. The molecule has 1 unspecified atom stereocenters. The van der Waals surface area contributed by atoms with Crippen LogP contribution in [0.15, 0.2) is 15.9 Å². The van der Waals surface area contributed by atoms with Crippen molar-refractivity contribution in [2.75, 3.05) is 13.1 Å². The van der Waals surface area contributed by atoms with Crippen LogP contribution in [0.5, 0.6) is 0 Å². The van der Waals surface area contributed by atoms with Gasteiger partial charge in [0.05, 0.1) is 0 Å². The summed E-state index contributed by atoms with van der Waals surface area (Å²) in [7, 11) is 0. The maximum Gasteiger partial charge on any atom is 0.0328 e. The molecule has 1 aromatic rings. The minimum Gasteiger partial charge on any atom is -0.298 e. The number of nitrogens with zero attached hydrogens (tertiary/aromatic N) is 1. The first-order valence-electron chi connectivity index (χ1n) is 5.73. The lowest BCUT2D eigenvalue weighted by Crippen LogP contribution is -2.34. The van der Waals surface area contributed by atoms with Crippen molar-refractivity contribution >= 4 is 27.3 Å². The molecule has 3 heteroatoms. The summed E-state index contributed by atoms with van der Waals surface area (Å²) >= 11 is 5.38. The topological polar surface area (TPSA) is 3.24 Å². The van der Waals surface area contributed by atoms with Crippen LogP contribution in [-0.2, 0) is 6.54 Å². The zero-order valence-electron chi connectivity index (χ0n) is 9.21. The molecule has 0 aliphatic carbocycles. The molecule has 1 saturated heterocycles. The first-order chi connectivity index (χ1) is 7.28. The second-order valence-electron chi connectivity index (χ2n) is 4.38. The fraction of sp³-hybridized carbons (Fsp3) is 0.667. The predicted octanol–water partition coefficient (Wildman–Crippen LogP) is 4.13. The van der Waals surface area contributed by atoms with Gasteiger partial charge in [-0.2, -0.15) is 0 Å². The highest BCUT2D eigenvalue weighted by Crippen LogP contribution is 2.24. The molecule has 84 valence electrons. The first kappa shape index (κ1) is 11.6. The van der Waals surface area contributed by atoms with E-state index in [-0.39, 0.29) is 0 Å². The lowest BCUT2D eigenvalue weighted by Gasteiger charge is -2.31. The Bertz CT molecular complexity index is 310. The molecule has 2 heterocycles. The number of piperidine rings is 1. The van der Waals surface area contributed by atoms with Crippen molar-refractivity contribution in [3.63, 3.8) is 0 Å². The monoisotopic (exact) mass is 287 g/mol. The van der Waals surface area contributed by atoms with Crippen molar-refractivity contribution < 1.29 is 0 Å². The summed E-state index contributed by atoms with van der Waals surface area (Å²) in [6.07, 6.45) is 4.15. The van der Waals surface area contributed by atoms with Crippen LogP contribution in [0.4, 0.5) is 0 Å². The highest BCUT2D eigenvalue weighted by atomic mass is 79.9. The Hall–Kier alpha value is 0.140. The van der Waals surface area contributed by atoms with Crippen molar-refractivity contribution in [3.8, 4) is 0 Å². The van der Waals surface area contributed by atoms with E-state index in [1.54, 1.807) is 0 Å². The van der Waals surface area contributed by atoms with Gasteiger partial charge in [-0.3, -0.25) is 4.90 Å². The van der Waals surface area contributed by atoms with Crippen molar-refractivity contribution in [1.82, 2.24) is 4.90 Å². The summed E-state index contributed by atoms with van der Waals surface area (Å²) in [6.45, 7) is 6.04. The van der Waals surface area contributed by atoms with Gasteiger partial charge in [0.2, 0.25) is 0 Å². The van der Waals surface area contributed by atoms with Crippen molar-refractivity contribution in [2.24, 2.45) is 5.92 Å². The summed E-state index contributed by atoms with van der Waals surface area (Å²) < 4.78 is 1.23. The summed E-state index contributed by atoms with van der Waals surface area (Å²) in [5.74, 6) is 0.933. The van der Waals surface area contributed by atoms with Crippen molar-refractivity contribution in [3.05, 3.63) is 20.8 Å². The molecular formula is C12H18BrNS. The molecule has 0 saturated carbocycles. The fourth-order valence-corrected chi connectivity index (χ4v) is 3.78. The Labute approximate surface area is 105 Å². The van der Waals surface area contributed by atoms with Crippen LogP contribution in [0, 0.1) is 5.92 Å². The van der Waals surface area contributed by atoms with Crippen molar-refractivity contribution in [1.29, 1.82) is 0 Å². The summed E-state index contributed by atoms with van der Waals surface area (Å²) in [4.78, 5) is 4.09. The van der Waals surface area contributed by atoms with E-state index in [2.05, 4.69) is 39.2 Å². The quantitative estimate of drug-likeness (QED) is 0.808. The standard InChI is InChI=1S/C12H18BrNS/c1-2-10-4-3-5-14(7-10)8-12-6-11(13)9-15-12/h6,9-10H,2-5,7-8H2,1H3. The van der Waals surface area contributed by atoms with E-state index in [1.807, 2.05) is 11.3 Å². The minimum absolute atomic E-state index is 0.933. The highest BCUT2D eigenvalue weighted by molar-refractivity contribution is 9.10. The van der Waals surface area contributed by atoms with Crippen LogP contribution in [0.2, 0.25) is 0 Å². The van der Waals surface area contributed by atoms with Crippen LogP contribution in [0.25, 0.3) is 0 Å². The van der Waals surface area contributed by atoms with E-state index in [0.29, 0.717) is 0 Å². The maximum atomic E-state index is 3.51. The molecule has 0 bridgehead atoms. The molecule has 0 radical (unpaired) electrons. The third kappa shape index (κ3) is 3.30. The minimum atomic E-state index is 0.933. The number of rotatable bonds is 3. The molecule has 1 atom stereocenters. The van der Waals surface area contributed by atoms with Crippen molar-refractivity contribution in [2.45, 2.75) is 32.7 Å². The number of hydrogen-bond acceptors (Lipinski definition) is 2. The average molecular weight is 288 g/mol. The van der Waals surface area contributed by atoms with Gasteiger partial charge in [0.15, 0.2) is 0 Å². The molecule has 15 heavy (non-hydrogen) atoms. The molecule has 1 aromatic heterocycles. The number of hydrogen-bond donors (Lipinski definition) is 0. The van der Waals surface area contributed by atoms with Gasteiger partial charge < -0.3 is 0 Å². The van der Waals surface area contributed by atoms with Gasteiger partial charge in [-0.15, -0.1) is 11.3 Å². The molecule has 1 aliphatic heterocycles. The average Bonchev–Trinajstić information content (AvgIpc) is 2.64. The van der Waals surface area contributed by atoms with E-state index < -0.39 is 0 Å². The fourth-order valence-electron chi connectivity index (χ4n) is 2.29. The Morgan fingerprint density at radius 3 is 3.13 bits per heavy atom. The second-order valence-corrected chi connectivity index (χ2v) is 6.29. The highest BCUT2D eigenvalue weighted by Gasteiger charge is 2.18. The van der Waals surface area contributed by atoms with Crippen LogP contribution >= 0.6 is 27.3 Å². The zero-order chi connectivity index (χ0) is 10.7. The largest absolute Gasteiger partial charge is 0.298 e. The molecule has 0 amide bonds. The molecule has 0 aromatic carbocycles. The molecule has 2 rings (SSSR count). The zero-order valence-corrected chi connectivity index (χ0v) is 11.6. The van der Waals surface area contributed by atoms with Crippen LogP contribution in [0.1, 0.15) is 31.1 Å². The maximum absolute atomic E-state index is 3.51. The van der Waals surface area contributed by atoms with E-state index in [9.17, 15) is 0 Å². The third-order valence-corrected chi connectivity index (χ3v) is 4.86. The van der Waals surface area contributed by atoms with Gasteiger partial charge in [-0.1, -0.05) is 13.3 Å².